The Morgan fingerprint density at radius 1 is 1.19 bits per heavy atom. The van der Waals surface area contributed by atoms with Gasteiger partial charge in [-0.25, -0.2) is 0 Å². The van der Waals surface area contributed by atoms with Gasteiger partial charge in [0.1, 0.15) is 4.32 Å². The van der Waals surface area contributed by atoms with E-state index in [0.717, 1.165) is 12.0 Å². The first-order chi connectivity index (χ1) is 14.9. The Labute approximate surface area is 190 Å². The van der Waals surface area contributed by atoms with Crippen LogP contribution < -0.4 is 10.4 Å². The molecule has 1 N–H and O–H groups in total. The van der Waals surface area contributed by atoms with Crippen molar-refractivity contribution in [2.24, 2.45) is 0 Å². The van der Waals surface area contributed by atoms with E-state index in [1.807, 2.05) is 30.3 Å². The maximum absolute atomic E-state index is 12.7. The van der Waals surface area contributed by atoms with Crippen molar-refractivity contribution in [2.75, 3.05) is 11.9 Å². The first-order valence-corrected chi connectivity index (χ1v) is 11.1. The molecule has 0 aromatic heterocycles. The number of thioether (sulfide) groups is 1. The van der Waals surface area contributed by atoms with Crippen molar-refractivity contribution in [3.8, 4) is 0 Å². The number of benzene rings is 2. The highest BCUT2D eigenvalue weighted by Crippen LogP contribution is 2.32. The molecule has 2 amide bonds. The van der Waals surface area contributed by atoms with Crippen molar-refractivity contribution in [1.29, 1.82) is 0 Å². The predicted octanol–water partition coefficient (Wildman–Crippen LogP) is 3.23. The summed E-state index contributed by atoms with van der Waals surface area (Å²) in [5.74, 6) is -1.73. The zero-order valence-electron chi connectivity index (χ0n) is 16.9. The fourth-order valence-corrected chi connectivity index (χ4v) is 4.35. The van der Waals surface area contributed by atoms with Gasteiger partial charge in [0.15, 0.2) is 0 Å². The zero-order chi connectivity index (χ0) is 22.4. The second-order valence-corrected chi connectivity index (χ2v) is 8.62. The quantitative estimate of drug-likeness (QED) is 0.488. The Balaban J connectivity index is 1.53. The Morgan fingerprint density at radius 2 is 1.94 bits per heavy atom. The number of hydrogen-bond acceptors (Lipinski definition) is 6. The van der Waals surface area contributed by atoms with Crippen molar-refractivity contribution in [3.05, 3.63) is 70.1 Å². The van der Waals surface area contributed by atoms with Gasteiger partial charge in [-0.05, 0) is 47.7 Å². The number of nitrogens with zero attached hydrogens (tertiary/aromatic N) is 1. The molecule has 0 unspecified atom stereocenters. The number of nitrogens with one attached hydrogen (secondary N) is 1. The molecule has 1 aliphatic rings. The molecule has 1 heterocycles. The second kappa shape index (κ2) is 10.4. The Bertz CT molecular complexity index is 1050. The monoisotopic (exact) mass is 453 g/mol. The molecule has 6 nitrogen and oxygen atoms in total. The summed E-state index contributed by atoms with van der Waals surface area (Å²) in [4.78, 5) is 37.8. The van der Waals surface area contributed by atoms with E-state index in [1.165, 1.54) is 40.4 Å². The molecule has 0 spiro atoms. The summed E-state index contributed by atoms with van der Waals surface area (Å²) in [7, 11) is 0. The third-order valence-corrected chi connectivity index (χ3v) is 6.10. The Kier molecular flexibility index (Phi) is 7.59. The summed E-state index contributed by atoms with van der Waals surface area (Å²) >= 11 is 6.60. The maximum Gasteiger partial charge on any atom is 0.266 e. The normalized spacial score (nSPS) is 14.9. The summed E-state index contributed by atoms with van der Waals surface area (Å²) in [5.41, 5.74) is 2.55. The van der Waals surface area contributed by atoms with Gasteiger partial charge >= 0.3 is 0 Å². The average Bonchev–Trinajstić information content (AvgIpc) is 3.01. The molecular weight excluding hydrogens is 432 g/mol. The van der Waals surface area contributed by atoms with Gasteiger partial charge in [-0.2, -0.15) is 0 Å². The molecule has 1 saturated heterocycles. The van der Waals surface area contributed by atoms with E-state index in [-0.39, 0.29) is 23.8 Å². The lowest BCUT2D eigenvalue weighted by Gasteiger charge is -2.14. The highest BCUT2D eigenvalue weighted by molar-refractivity contribution is 8.26. The molecule has 2 aromatic rings. The van der Waals surface area contributed by atoms with Crippen LogP contribution in [-0.4, -0.2) is 33.5 Å². The minimum absolute atomic E-state index is 0.00788. The number of carboxylic acids is 1. The van der Waals surface area contributed by atoms with Crippen LogP contribution in [0.15, 0.2) is 53.4 Å². The third-order valence-electron chi connectivity index (χ3n) is 4.73. The van der Waals surface area contributed by atoms with Gasteiger partial charge in [-0.3, -0.25) is 14.5 Å². The zero-order valence-corrected chi connectivity index (χ0v) is 18.6. The third kappa shape index (κ3) is 6.02. The van der Waals surface area contributed by atoms with Crippen molar-refractivity contribution in [1.82, 2.24) is 4.90 Å². The lowest BCUT2D eigenvalue weighted by atomic mass is 10.1. The first-order valence-electron chi connectivity index (χ1n) is 9.83. The van der Waals surface area contributed by atoms with Crippen LogP contribution in [0.1, 0.15) is 41.3 Å². The number of aromatic carboxylic acids is 1. The van der Waals surface area contributed by atoms with E-state index in [1.54, 1.807) is 6.07 Å². The molecule has 0 radical (unpaired) electrons. The maximum atomic E-state index is 12.7. The average molecular weight is 454 g/mol. The molecule has 0 atom stereocenters. The van der Waals surface area contributed by atoms with Crippen LogP contribution in [0, 0.1) is 0 Å². The van der Waals surface area contributed by atoms with Crippen LogP contribution >= 0.6 is 24.0 Å². The molecule has 0 saturated carbocycles. The first kappa shape index (κ1) is 22.7. The summed E-state index contributed by atoms with van der Waals surface area (Å²) in [6, 6.07) is 13.9. The lowest BCUT2D eigenvalue weighted by molar-refractivity contribution is -0.255. The highest BCUT2D eigenvalue weighted by atomic mass is 32.2. The molecule has 0 bridgehead atoms. The lowest BCUT2D eigenvalue weighted by Crippen LogP contribution is -2.29. The van der Waals surface area contributed by atoms with E-state index in [0.29, 0.717) is 27.9 Å². The predicted molar refractivity (Wildman–Crippen MR) is 124 cm³/mol. The van der Waals surface area contributed by atoms with Gasteiger partial charge < -0.3 is 15.2 Å². The van der Waals surface area contributed by atoms with E-state index in [2.05, 4.69) is 12.2 Å². The Morgan fingerprint density at radius 3 is 2.61 bits per heavy atom. The van der Waals surface area contributed by atoms with Crippen molar-refractivity contribution < 1.29 is 19.5 Å². The van der Waals surface area contributed by atoms with Crippen molar-refractivity contribution >= 4 is 57.8 Å². The van der Waals surface area contributed by atoms with Gasteiger partial charge in [0.25, 0.3) is 5.91 Å². The van der Waals surface area contributed by atoms with E-state index >= 15 is 0 Å². The minimum Gasteiger partial charge on any atom is -0.545 e. The van der Waals surface area contributed by atoms with Gasteiger partial charge in [0.2, 0.25) is 5.91 Å². The fraction of sp³-hybridized carbons (Fsp3) is 0.217. The standard InChI is InChI=1S/C23H22N2O4S2/c1-2-15-8-10-16(11-9-15)13-19-21(27)25(23(30)31-19)12-4-7-20(26)24-18-6-3-5-17(14-18)22(28)29/h3,5-6,8-11,13-14H,2,4,7,12H2,1H3,(H,24,26)(H,28,29)/p-1/b19-13-. The molecular formula is C23H21N2O4S2-. The summed E-state index contributed by atoms with van der Waals surface area (Å²) < 4.78 is 0.475. The topological polar surface area (TPSA) is 89.5 Å². The smallest absolute Gasteiger partial charge is 0.266 e. The molecule has 2 aromatic carbocycles. The van der Waals surface area contributed by atoms with Crippen LogP contribution in [0.4, 0.5) is 5.69 Å². The number of rotatable bonds is 8. The molecule has 1 fully saturated rings. The molecule has 3 rings (SSSR count). The largest absolute Gasteiger partial charge is 0.545 e. The minimum atomic E-state index is -1.31. The van der Waals surface area contributed by atoms with Gasteiger partial charge in [-0.1, -0.05) is 67.3 Å². The van der Waals surface area contributed by atoms with Crippen LogP contribution in [0.25, 0.3) is 6.08 Å². The van der Waals surface area contributed by atoms with E-state index in [9.17, 15) is 19.5 Å². The van der Waals surface area contributed by atoms with Crippen LogP contribution in [0.3, 0.4) is 0 Å². The number of carboxylic acid groups (broad SMARTS) is 1. The van der Waals surface area contributed by atoms with Crippen LogP contribution in [0.5, 0.6) is 0 Å². The fourth-order valence-electron chi connectivity index (χ4n) is 3.04. The summed E-state index contributed by atoms with van der Waals surface area (Å²) in [5, 5.41) is 13.6. The molecule has 8 heteroatoms. The van der Waals surface area contributed by atoms with Crippen molar-refractivity contribution in [3.63, 3.8) is 0 Å². The molecule has 1 aliphatic heterocycles. The highest BCUT2D eigenvalue weighted by Gasteiger charge is 2.31. The number of thiocarbonyl (C=S) groups is 1. The summed E-state index contributed by atoms with van der Waals surface area (Å²) in [6.45, 7) is 2.42. The van der Waals surface area contributed by atoms with E-state index < -0.39 is 5.97 Å². The number of amides is 2. The molecule has 31 heavy (non-hydrogen) atoms. The number of carbonyl (C=O) groups excluding carboxylic acids is 3. The van der Waals surface area contributed by atoms with Crippen LogP contribution in [0.2, 0.25) is 0 Å². The number of anilines is 1. The summed E-state index contributed by atoms with van der Waals surface area (Å²) in [6.07, 6.45) is 3.38. The number of carbonyl (C=O) groups is 3. The Hall–Kier alpha value is -2.97. The molecule has 0 aliphatic carbocycles. The SMILES string of the molecule is CCc1ccc(/C=C2\SC(=S)N(CCCC(=O)Nc3cccc(C(=O)[O-])c3)C2=O)cc1. The van der Waals surface area contributed by atoms with Crippen molar-refractivity contribution in [2.45, 2.75) is 26.2 Å². The molecule has 160 valence electrons. The van der Waals surface area contributed by atoms with Gasteiger partial charge in [-0.15, -0.1) is 0 Å². The number of aryl methyl sites for hydroxylation is 1. The number of hydrogen-bond donors (Lipinski definition) is 1. The second-order valence-electron chi connectivity index (χ2n) is 6.95. The van der Waals surface area contributed by atoms with Gasteiger partial charge in [0, 0.05) is 18.7 Å². The van der Waals surface area contributed by atoms with E-state index in [4.69, 9.17) is 12.2 Å². The van der Waals surface area contributed by atoms with Gasteiger partial charge in [0.05, 0.1) is 10.9 Å². The van der Waals surface area contributed by atoms with Crippen LogP contribution in [-0.2, 0) is 16.0 Å².